The number of halogens is 1. The minimum Gasteiger partial charge on any atom is -0.352 e. The molecule has 1 aliphatic rings. The molecule has 1 amide bonds. The average molecular weight is 402 g/mol. The Balaban J connectivity index is 1.60. The lowest BCUT2D eigenvalue weighted by Gasteiger charge is -2.44. The number of amides is 1. The van der Waals surface area contributed by atoms with Crippen LogP contribution in [0.25, 0.3) is 11.0 Å². The van der Waals surface area contributed by atoms with Crippen molar-refractivity contribution in [2.24, 2.45) is 0 Å². The molecule has 3 aromatic rings. The predicted octanol–water partition coefficient (Wildman–Crippen LogP) is 2.72. The number of nitrogens with one attached hydrogen (secondary N) is 1. The fraction of sp³-hybridized carbons (Fsp3) is 0.182. The number of nitrogens with zero attached hydrogens (tertiary/aromatic N) is 5. The van der Waals surface area contributed by atoms with E-state index in [0.717, 1.165) is 5.82 Å². The molecule has 2 aromatic heterocycles. The van der Waals surface area contributed by atoms with Crippen molar-refractivity contribution in [2.45, 2.75) is 6.04 Å². The normalized spacial score (nSPS) is 13.4. The fourth-order valence-corrected chi connectivity index (χ4v) is 3.28. The highest BCUT2D eigenvalue weighted by atomic mass is 19.1. The number of hydrogen-bond donors (Lipinski definition) is 1. The summed E-state index contributed by atoms with van der Waals surface area (Å²) in [5.41, 5.74) is 1.52. The molecule has 1 aliphatic heterocycles. The van der Waals surface area contributed by atoms with Gasteiger partial charge in [-0.3, -0.25) is 4.79 Å². The number of carbonyl (C=O) groups is 1. The molecule has 3 heterocycles. The molecule has 1 fully saturated rings. The standard InChI is InChI=1S/C22H19FN6O/c1-4-14-7-6-8-16(20(14)23)26-22-21-17(24-13-25-22)9-10-18(27-21)29-11-15(12-29)28(3)19(30)5-2/h1,5-10,13,15H,2,11-12H2,3H3,(H,24,25,26). The van der Waals surface area contributed by atoms with Crippen molar-refractivity contribution in [3.63, 3.8) is 0 Å². The highest BCUT2D eigenvalue weighted by Gasteiger charge is 2.32. The first-order valence-corrected chi connectivity index (χ1v) is 9.30. The van der Waals surface area contributed by atoms with Crippen LogP contribution in [0, 0.1) is 18.2 Å². The van der Waals surface area contributed by atoms with E-state index in [2.05, 4.69) is 32.8 Å². The van der Waals surface area contributed by atoms with Crippen LogP contribution < -0.4 is 10.2 Å². The van der Waals surface area contributed by atoms with Gasteiger partial charge >= 0.3 is 0 Å². The van der Waals surface area contributed by atoms with E-state index in [9.17, 15) is 9.18 Å². The molecule has 0 aliphatic carbocycles. The summed E-state index contributed by atoms with van der Waals surface area (Å²) in [5, 5.41) is 2.97. The van der Waals surface area contributed by atoms with Gasteiger partial charge in [-0.05, 0) is 30.3 Å². The van der Waals surface area contributed by atoms with Crippen molar-refractivity contribution >= 4 is 34.3 Å². The Labute approximate surface area is 173 Å². The zero-order chi connectivity index (χ0) is 21.3. The van der Waals surface area contributed by atoms with E-state index >= 15 is 0 Å². The number of likely N-dealkylation sites (N-methyl/N-ethyl adjacent to an activating group) is 1. The molecule has 0 unspecified atom stereocenters. The van der Waals surface area contributed by atoms with E-state index in [1.807, 2.05) is 17.0 Å². The summed E-state index contributed by atoms with van der Waals surface area (Å²) in [7, 11) is 1.76. The van der Waals surface area contributed by atoms with Gasteiger partial charge in [0.1, 0.15) is 17.7 Å². The first kappa shape index (κ1) is 19.3. The third-order valence-corrected chi connectivity index (χ3v) is 5.13. The Bertz CT molecular complexity index is 1180. The van der Waals surface area contributed by atoms with Crippen LogP contribution in [0.5, 0.6) is 0 Å². The predicted molar refractivity (Wildman–Crippen MR) is 114 cm³/mol. The molecule has 0 bridgehead atoms. The molecule has 8 heteroatoms. The maximum Gasteiger partial charge on any atom is 0.246 e. The minimum atomic E-state index is -0.525. The number of carbonyl (C=O) groups excluding carboxylic acids is 1. The summed E-state index contributed by atoms with van der Waals surface area (Å²) in [6.45, 7) is 4.83. The van der Waals surface area contributed by atoms with Crippen molar-refractivity contribution in [1.29, 1.82) is 0 Å². The summed E-state index contributed by atoms with van der Waals surface area (Å²) < 4.78 is 14.5. The van der Waals surface area contributed by atoms with Crippen molar-refractivity contribution in [3.05, 3.63) is 60.7 Å². The molecular formula is C22H19FN6O. The van der Waals surface area contributed by atoms with E-state index < -0.39 is 5.82 Å². The summed E-state index contributed by atoms with van der Waals surface area (Å²) >= 11 is 0. The van der Waals surface area contributed by atoms with Gasteiger partial charge in [0.25, 0.3) is 0 Å². The topological polar surface area (TPSA) is 74.2 Å². The molecule has 1 aromatic carbocycles. The molecule has 30 heavy (non-hydrogen) atoms. The van der Waals surface area contributed by atoms with E-state index in [4.69, 9.17) is 6.42 Å². The molecule has 4 rings (SSSR count). The molecule has 7 nitrogen and oxygen atoms in total. The Morgan fingerprint density at radius 1 is 1.37 bits per heavy atom. The van der Waals surface area contributed by atoms with Crippen LogP contribution in [0.2, 0.25) is 0 Å². The number of pyridine rings is 1. The highest BCUT2D eigenvalue weighted by molar-refractivity contribution is 5.89. The van der Waals surface area contributed by atoms with Gasteiger partial charge in [-0.2, -0.15) is 0 Å². The number of hydrogen-bond acceptors (Lipinski definition) is 6. The monoisotopic (exact) mass is 402 g/mol. The number of aromatic nitrogens is 3. The number of rotatable bonds is 5. The van der Waals surface area contributed by atoms with Gasteiger partial charge in [0, 0.05) is 20.1 Å². The highest BCUT2D eigenvalue weighted by Crippen LogP contribution is 2.28. The average Bonchev–Trinajstić information content (AvgIpc) is 2.73. The SMILES string of the molecule is C#Cc1cccc(Nc2ncnc3ccc(N4CC(N(C)C(=O)C=C)C4)nc23)c1F. The number of terminal acetylenes is 1. The zero-order valence-corrected chi connectivity index (χ0v) is 16.3. The van der Waals surface area contributed by atoms with Crippen LogP contribution in [-0.2, 0) is 4.79 Å². The third kappa shape index (κ3) is 3.42. The Kier molecular flexibility index (Phi) is 5.02. The fourth-order valence-electron chi connectivity index (χ4n) is 3.28. The van der Waals surface area contributed by atoms with Crippen LogP contribution >= 0.6 is 0 Å². The van der Waals surface area contributed by atoms with Crippen LogP contribution in [0.4, 0.5) is 21.7 Å². The molecule has 0 spiro atoms. The smallest absolute Gasteiger partial charge is 0.246 e. The third-order valence-electron chi connectivity index (χ3n) is 5.13. The Hall–Kier alpha value is -3.99. The lowest BCUT2D eigenvalue weighted by molar-refractivity contribution is -0.127. The second kappa shape index (κ2) is 7.79. The van der Waals surface area contributed by atoms with Gasteiger partial charge in [0.15, 0.2) is 11.6 Å². The first-order chi connectivity index (χ1) is 14.5. The number of anilines is 3. The van der Waals surface area contributed by atoms with Gasteiger partial charge in [-0.25, -0.2) is 19.3 Å². The first-order valence-electron chi connectivity index (χ1n) is 9.30. The van der Waals surface area contributed by atoms with Gasteiger partial charge in [-0.1, -0.05) is 18.6 Å². The zero-order valence-electron chi connectivity index (χ0n) is 16.3. The minimum absolute atomic E-state index is 0.0956. The van der Waals surface area contributed by atoms with Crippen LogP contribution in [0.15, 0.2) is 49.3 Å². The van der Waals surface area contributed by atoms with Crippen molar-refractivity contribution in [1.82, 2.24) is 19.9 Å². The molecule has 0 atom stereocenters. The van der Waals surface area contributed by atoms with Gasteiger partial charge in [0.2, 0.25) is 5.91 Å². The van der Waals surface area contributed by atoms with E-state index in [1.54, 1.807) is 24.1 Å². The van der Waals surface area contributed by atoms with Crippen molar-refractivity contribution < 1.29 is 9.18 Å². The van der Waals surface area contributed by atoms with Crippen LogP contribution in [-0.4, -0.2) is 51.9 Å². The van der Waals surface area contributed by atoms with Crippen molar-refractivity contribution in [2.75, 3.05) is 30.4 Å². The number of benzene rings is 1. The quantitative estimate of drug-likeness (QED) is 0.523. The lowest BCUT2D eigenvalue weighted by atomic mass is 10.1. The largest absolute Gasteiger partial charge is 0.352 e. The molecule has 1 saturated heterocycles. The van der Waals surface area contributed by atoms with Gasteiger partial charge < -0.3 is 15.1 Å². The maximum atomic E-state index is 14.5. The second-order valence-corrected chi connectivity index (χ2v) is 6.91. The van der Waals surface area contributed by atoms with E-state index in [1.165, 1.54) is 18.5 Å². The maximum absolute atomic E-state index is 14.5. The Morgan fingerprint density at radius 3 is 2.90 bits per heavy atom. The summed E-state index contributed by atoms with van der Waals surface area (Å²) in [4.78, 5) is 28.6. The molecular weight excluding hydrogens is 383 g/mol. The molecule has 0 radical (unpaired) electrons. The van der Waals surface area contributed by atoms with Gasteiger partial charge in [0.05, 0.1) is 22.8 Å². The lowest BCUT2D eigenvalue weighted by Crippen LogP contribution is -2.59. The summed E-state index contributed by atoms with van der Waals surface area (Å²) in [5.74, 6) is 2.80. The Morgan fingerprint density at radius 2 is 2.17 bits per heavy atom. The molecule has 150 valence electrons. The van der Waals surface area contributed by atoms with Gasteiger partial charge in [-0.15, -0.1) is 6.42 Å². The van der Waals surface area contributed by atoms with Crippen LogP contribution in [0.1, 0.15) is 5.56 Å². The number of fused-ring (bicyclic) bond motifs is 1. The molecule has 1 N–H and O–H groups in total. The second-order valence-electron chi connectivity index (χ2n) is 6.91. The van der Waals surface area contributed by atoms with E-state index in [0.29, 0.717) is 29.9 Å². The summed E-state index contributed by atoms with van der Waals surface area (Å²) in [6.07, 6.45) is 8.05. The van der Waals surface area contributed by atoms with Crippen LogP contribution in [0.3, 0.4) is 0 Å². The molecule has 0 saturated carbocycles. The summed E-state index contributed by atoms with van der Waals surface area (Å²) in [6, 6.07) is 8.58. The van der Waals surface area contributed by atoms with Crippen molar-refractivity contribution in [3.8, 4) is 12.3 Å². The van der Waals surface area contributed by atoms with E-state index in [-0.39, 0.29) is 23.2 Å².